The van der Waals surface area contributed by atoms with E-state index in [0.29, 0.717) is 37.1 Å². The van der Waals surface area contributed by atoms with Crippen molar-refractivity contribution in [1.82, 2.24) is 4.90 Å². The third-order valence-electron chi connectivity index (χ3n) is 3.89. The van der Waals surface area contributed by atoms with Gasteiger partial charge in [-0.25, -0.2) is 4.79 Å². The molecule has 1 aromatic heterocycles. The SMILES string of the molecule is CCOCCCN(CCC(=O)OC)C(=O)c1cc2ccccc2oc1=O. The first kappa shape index (κ1) is 19.7. The zero-order chi connectivity index (χ0) is 18.9. The van der Waals surface area contributed by atoms with Gasteiger partial charge in [-0.3, -0.25) is 9.59 Å². The second-order valence-corrected chi connectivity index (χ2v) is 5.65. The van der Waals surface area contributed by atoms with E-state index in [1.165, 1.54) is 18.1 Å². The highest BCUT2D eigenvalue weighted by molar-refractivity contribution is 5.96. The highest BCUT2D eigenvalue weighted by Crippen LogP contribution is 2.14. The molecule has 0 aliphatic rings. The van der Waals surface area contributed by atoms with Gasteiger partial charge in [-0.2, -0.15) is 0 Å². The fourth-order valence-electron chi connectivity index (χ4n) is 2.53. The van der Waals surface area contributed by atoms with Gasteiger partial charge < -0.3 is 18.8 Å². The average molecular weight is 361 g/mol. The van der Waals surface area contributed by atoms with Crippen LogP contribution in [-0.4, -0.2) is 50.2 Å². The number of para-hydroxylation sites is 1. The Hall–Kier alpha value is -2.67. The Morgan fingerprint density at radius 2 is 1.96 bits per heavy atom. The summed E-state index contributed by atoms with van der Waals surface area (Å²) in [5.41, 5.74) is -0.321. The van der Waals surface area contributed by atoms with Gasteiger partial charge in [-0.1, -0.05) is 18.2 Å². The monoisotopic (exact) mass is 361 g/mol. The second kappa shape index (κ2) is 9.72. The van der Waals surface area contributed by atoms with Crippen LogP contribution in [0.5, 0.6) is 0 Å². The molecule has 7 heteroatoms. The zero-order valence-electron chi connectivity index (χ0n) is 15.0. The van der Waals surface area contributed by atoms with Crippen molar-refractivity contribution in [3.8, 4) is 0 Å². The van der Waals surface area contributed by atoms with Gasteiger partial charge in [0, 0.05) is 31.7 Å². The van der Waals surface area contributed by atoms with Gasteiger partial charge in [0.1, 0.15) is 11.1 Å². The molecule has 0 aliphatic carbocycles. The third-order valence-corrected chi connectivity index (χ3v) is 3.89. The van der Waals surface area contributed by atoms with Gasteiger partial charge in [0.2, 0.25) is 0 Å². The van der Waals surface area contributed by atoms with Crippen molar-refractivity contribution in [1.29, 1.82) is 0 Å². The highest BCUT2D eigenvalue weighted by Gasteiger charge is 2.21. The number of fused-ring (bicyclic) bond motifs is 1. The van der Waals surface area contributed by atoms with Crippen LogP contribution in [0.4, 0.5) is 0 Å². The molecule has 0 atom stereocenters. The van der Waals surface area contributed by atoms with Crippen LogP contribution < -0.4 is 5.63 Å². The summed E-state index contributed by atoms with van der Waals surface area (Å²) in [7, 11) is 1.29. The minimum atomic E-state index is -0.693. The number of ether oxygens (including phenoxy) is 2. The lowest BCUT2D eigenvalue weighted by Crippen LogP contribution is -2.37. The van der Waals surface area contributed by atoms with E-state index in [1.54, 1.807) is 24.3 Å². The molecular formula is C19H23NO6. The molecule has 0 bridgehead atoms. The first-order valence-corrected chi connectivity index (χ1v) is 8.53. The van der Waals surface area contributed by atoms with Crippen molar-refractivity contribution in [3.05, 3.63) is 46.3 Å². The van der Waals surface area contributed by atoms with Crippen LogP contribution in [0.2, 0.25) is 0 Å². The van der Waals surface area contributed by atoms with E-state index < -0.39 is 17.5 Å². The topological polar surface area (TPSA) is 86.0 Å². The molecule has 2 rings (SSSR count). The second-order valence-electron chi connectivity index (χ2n) is 5.65. The minimum absolute atomic E-state index is 0.0509. The van der Waals surface area contributed by atoms with Crippen LogP contribution in [0.3, 0.4) is 0 Å². The summed E-state index contributed by atoms with van der Waals surface area (Å²) in [4.78, 5) is 37.9. The van der Waals surface area contributed by atoms with Crippen LogP contribution in [0.25, 0.3) is 11.0 Å². The summed E-state index contributed by atoms with van der Waals surface area (Å²) in [6.45, 7) is 3.49. The normalized spacial score (nSPS) is 10.7. The Morgan fingerprint density at radius 1 is 1.19 bits per heavy atom. The highest BCUT2D eigenvalue weighted by atomic mass is 16.5. The Kier molecular flexibility index (Phi) is 7.35. The number of carbonyl (C=O) groups excluding carboxylic acids is 2. The Morgan fingerprint density at radius 3 is 2.69 bits per heavy atom. The van der Waals surface area contributed by atoms with E-state index in [1.807, 2.05) is 6.92 Å². The molecule has 26 heavy (non-hydrogen) atoms. The number of rotatable bonds is 9. The molecule has 0 saturated carbocycles. The molecule has 2 aromatic rings. The molecule has 0 N–H and O–H groups in total. The largest absolute Gasteiger partial charge is 0.469 e. The Balaban J connectivity index is 2.21. The molecule has 0 radical (unpaired) electrons. The summed E-state index contributed by atoms with van der Waals surface area (Å²) in [5.74, 6) is -0.886. The van der Waals surface area contributed by atoms with Crippen molar-refractivity contribution >= 4 is 22.8 Å². The van der Waals surface area contributed by atoms with Gasteiger partial charge in [0.15, 0.2) is 0 Å². The quantitative estimate of drug-likeness (QED) is 0.387. The van der Waals surface area contributed by atoms with E-state index in [9.17, 15) is 14.4 Å². The lowest BCUT2D eigenvalue weighted by Gasteiger charge is -2.22. The van der Waals surface area contributed by atoms with Gasteiger partial charge >= 0.3 is 11.6 Å². The predicted octanol–water partition coefficient (Wildman–Crippen LogP) is 2.22. The molecule has 1 aromatic carbocycles. The Bertz CT molecular complexity index is 813. The first-order chi connectivity index (χ1) is 12.6. The van der Waals surface area contributed by atoms with E-state index in [4.69, 9.17) is 9.15 Å². The summed E-state index contributed by atoms with van der Waals surface area (Å²) in [6, 6.07) is 8.51. The lowest BCUT2D eigenvalue weighted by molar-refractivity contribution is -0.140. The number of esters is 1. The summed E-state index contributed by atoms with van der Waals surface area (Å²) >= 11 is 0. The van der Waals surface area contributed by atoms with Gasteiger partial charge in [0.25, 0.3) is 5.91 Å². The zero-order valence-corrected chi connectivity index (χ0v) is 15.0. The molecule has 0 fully saturated rings. The fourth-order valence-corrected chi connectivity index (χ4v) is 2.53. The van der Waals surface area contributed by atoms with Crippen molar-refractivity contribution in [2.75, 3.05) is 33.4 Å². The number of hydrogen-bond acceptors (Lipinski definition) is 6. The van der Waals surface area contributed by atoms with Gasteiger partial charge in [-0.15, -0.1) is 0 Å². The van der Waals surface area contributed by atoms with E-state index in [-0.39, 0.29) is 18.5 Å². The third kappa shape index (κ3) is 5.16. The van der Waals surface area contributed by atoms with E-state index >= 15 is 0 Å². The minimum Gasteiger partial charge on any atom is -0.469 e. The molecule has 0 saturated heterocycles. The van der Waals surface area contributed by atoms with Crippen LogP contribution in [0.15, 0.2) is 39.5 Å². The standard InChI is InChI=1S/C19H23NO6/c1-3-25-12-6-10-20(11-9-17(21)24-2)18(22)15-13-14-7-4-5-8-16(14)26-19(15)23/h4-5,7-8,13H,3,6,9-12H2,1-2H3. The number of methoxy groups -OCH3 is 1. The number of benzene rings is 1. The van der Waals surface area contributed by atoms with Crippen molar-refractivity contribution in [2.45, 2.75) is 19.8 Å². The van der Waals surface area contributed by atoms with E-state index in [2.05, 4.69) is 4.74 Å². The number of nitrogens with zero attached hydrogens (tertiary/aromatic N) is 1. The maximum Gasteiger partial charge on any atom is 0.349 e. The maximum atomic E-state index is 12.8. The predicted molar refractivity (Wildman–Crippen MR) is 96.1 cm³/mol. The van der Waals surface area contributed by atoms with Crippen molar-refractivity contribution in [2.24, 2.45) is 0 Å². The molecule has 0 aliphatic heterocycles. The van der Waals surface area contributed by atoms with E-state index in [0.717, 1.165) is 0 Å². The smallest absolute Gasteiger partial charge is 0.349 e. The van der Waals surface area contributed by atoms with Crippen LogP contribution in [-0.2, 0) is 14.3 Å². The molecule has 1 amide bonds. The summed E-state index contributed by atoms with van der Waals surface area (Å²) in [5, 5.41) is 0.665. The lowest BCUT2D eigenvalue weighted by atomic mass is 10.1. The summed E-state index contributed by atoms with van der Waals surface area (Å²) in [6.07, 6.45) is 0.648. The molecule has 140 valence electrons. The molecule has 0 unspecified atom stereocenters. The Labute approximate surface area is 151 Å². The van der Waals surface area contributed by atoms with Crippen LogP contribution >= 0.6 is 0 Å². The first-order valence-electron chi connectivity index (χ1n) is 8.53. The van der Waals surface area contributed by atoms with Crippen LogP contribution in [0, 0.1) is 0 Å². The van der Waals surface area contributed by atoms with Crippen molar-refractivity contribution < 1.29 is 23.5 Å². The number of carbonyl (C=O) groups is 2. The van der Waals surface area contributed by atoms with Crippen molar-refractivity contribution in [3.63, 3.8) is 0 Å². The molecule has 1 heterocycles. The fraction of sp³-hybridized carbons (Fsp3) is 0.421. The van der Waals surface area contributed by atoms with Gasteiger partial charge in [0.05, 0.1) is 13.5 Å². The molecule has 7 nitrogen and oxygen atoms in total. The maximum absolute atomic E-state index is 12.8. The molecular weight excluding hydrogens is 338 g/mol. The van der Waals surface area contributed by atoms with Crippen LogP contribution in [0.1, 0.15) is 30.1 Å². The summed E-state index contributed by atoms with van der Waals surface area (Å²) < 4.78 is 15.2. The average Bonchev–Trinajstić information content (AvgIpc) is 2.66. The molecule has 0 spiro atoms. The number of hydrogen-bond donors (Lipinski definition) is 0. The number of amides is 1. The van der Waals surface area contributed by atoms with Gasteiger partial charge in [-0.05, 0) is 25.5 Å².